The van der Waals surface area contributed by atoms with Gasteiger partial charge in [0.2, 0.25) is 0 Å². The van der Waals surface area contributed by atoms with Crippen molar-refractivity contribution in [3.63, 3.8) is 0 Å². The number of rotatable bonds is 7. The lowest BCUT2D eigenvalue weighted by molar-refractivity contribution is 0.660. The van der Waals surface area contributed by atoms with Gasteiger partial charge < -0.3 is 9.32 Å². The number of furan rings is 1. The summed E-state index contributed by atoms with van der Waals surface area (Å²) in [6.07, 6.45) is 0. The molecule has 0 radical (unpaired) electrons. The van der Waals surface area contributed by atoms with Crippen molar-refractivity contribution in [2.75, 3.05) is 4.90 Å². The number of fused-ring (bicyclic) bond motifs is 8. The summed E-state index contributed by atoms with van der Waals surface area (Å²) in [5, 5.41) is 4.15. The smallest absolute Gasteiger partial charge is 0.164 e. The first-order valence-electron chi connectivity index (χ1n) is 21.4. The molecule has 2 aromatic heterocycles. The van der Waals surface area contributed by atoms with E-state index in [1.807, 2.05) is 72.8 Å². The van der Waals surface area contributed by atoms with Gasteiger partial charge in [-0.3, -0.25) is 0 Å². The van der Waals surface area contributed by atoms with Crippen LogP contribution in [0.3, 0.4) is 0 Å². The van der Waals surface area contributed by atoms with Gasteiger partial charge in [0, 0.05) is 55.3 Å². The molecule has 1 aliphatic rings. The second kappa shape index (κ2) is 14.5. The second-order valence-corrected chi connectivity index (χ2v) is 16.8. The highest BCUT2D eigenvalue weighted by Crippen LogP contribution is 2.51. The highest BCUT2D eigenvalue weighted by atomic mass is 16.3. The van der Waals surface area contributed by atoms with Crippen LogP contribution in [0, 0.1) is 0 Å². The van der Waals surface area contributed by atoms with Crippen molar-refractivity contribution in [1.82, 2.24) is 15.0 Å². The van der Waals surface area contributed by atoms with Crippen molar-refractivity contribution in [1.29, 1.82) is 0 Å². The molecule has 0 fully saturated rings. The lowest BCUT2D eigenvalue weighted by Crippen LogP contribution is -2.16. The Hall–Kier alpha value is -8.15. The standard InChI is InChI=1S/C58H40N4O/c1-58(2)50-27-15-14-24-44(50)45-34-33-42(35-51(45)58)62(40-21-10-5-11-22-40)41-31-29-37(30-32-41)48-36-49-53-47(26-16-28-52(53)63-54(49)46-25-13-12-23-43(46)48)57-60-55(38-17-6-3-7-18-38)59-56(61-57)39-19-8-4-9-20-39/h3-36H,1-2H3. The maximum atomic E-state index is 6.79. The molecule has 0 bridgehead atoms. The van der Waals surface area contributed by atoms with Crippen LogP contribution in [0.2, 0.25) is 0 Å². The SMILES string of the molecule is CC1(C)c2ccccc2-c2ccc(N(c3ccccc3)c3ccc(-c4cc5c(oc6cccc(-c7nc(-c8ccccc8)nc(-c8ccccc8)n7)c65)c5ccccc45)cc3)cc21. The van der Waals surface area contributed by atoms with Crippen molar-refractivity contribution in [2.24, 2.45) is 0 Å². The Kier molecular flexibility index (Phi) is 8.44. The molecular formula is C58H40N4O. The Morgan fingerprint density at radius 3 is 1.65 bits per heavy atom. The summed E-state index contributed by atoms with van der Waals surface area (Å²) >= 11 is 0. The first kappa shape index (κ1) is 36.7. The number of para-hydroxylation sites is 1. The molecule has 1 aliphatic carbocycles. The average molecular weight is 809 g/mol. The highest BCUT2D eigenvalue weighted by Gasteiger charge is 2.35. The van der Waals surface area contributed by atoms with Crippen LogP contribution in [0.25, 0.3) is 89.1 Å². The number of nitrogens with zero attached hydrogens (tertiary/aromatic N) is 4. The van der Waals surface area contributed by atoms with Crippen molar-refractivity contribution < 1.29 is 4.42 Å². The molecule has 0 N–H and O–H groups in total. The molecule has 0 saturated carbocycles. The molecule has 0 amide bonds. The van der Waals surface area contributed by atoms with Crippen LogP contribution in [0.1, 0.15) is 25.0 Å². The normalized spacial score (nSPS) is 12.7. The van der Waals surface area contributed by atoms with Gasteiger partial charge in [0.1, 0.15) is 11.2 Å². The number of hydrogen-bond acceptors (Lipinski definition) is 5. The topological polar surface area (TPSA) is 55.1 Å². The fraction of sp³-hybridized carbons (Fsp3) is 0.0517. The fourth-order valence-corrected chi connectivity index (χ4v) is 9.65. The number of aromatic nitrogens is 3. The molecule has 12 rings (SSSR count). The van der Waals surface area contributed by atoms with Crippen LogP contribution in [0.5, 0.6) is 0 Å². The molecule has 0 saturated heterocycles. The summed E-state index contributed by atoms with van der Waals surface area (Å²) in [5.74, 6) is 1.83. The predicted molar refractivity (Wildman–Crippen MR) is 259 cm³/mol. The van der Waals surface area contributed by atoms with Gasteiger partial charge >= 0.3 is 0 Å². The van der Waals surface area contributed by atoms with E-state index in [1.165, 1.54) is 22.3 Å². The molecule has 11 aromatic rings. The van der Waals surface area contributed by atoms with E-state index in [4.69, 9.17) is 19.4 Å². The third kappa shape index (κ3) is 6.04. The molecule has 0 atom stereocenters. The van der Waals surface area contributed by atoms with Gasteiger partial charge in [-0.25, -0.2) is 15.0 Å². The number of benzene rings is 9. The summed E-state index contributed by atoms with van der Waals surface area (Å²) in [6.45, 7) is 4.68. The average Bonchev–Trinajstić information content (AvgIpc) is 3.84. The lowest BCUT2D eigenvalue weighted by Gasteiger charge is -2.28. The van der Waals surface area contributed by atoms with Crippen LogP contribution >= 0.6 is 0 Å². The molecule has 5 nitrogen and oxygen atoms in total. The third-order valence-corrected chi connectivity index (χ3v) is 12.7. The largest absolute Gasteiger partial charge is 0.455 e. The Morgan fingerprint density at radius 2 is 0.937 bits per heavy atom. The summed E-state index contributed by atoms with van der Waals surface area (Å²) in [7, 11) is 0. The molecule has 5 heteroatoms. The second-order valence-electron chi connectivity index (χ2n) is 16.8. The van der Waals surface area contributed by atoms with E-state index in [2.05, 4.69) is 152 Å². The molecule has 0 aliphatic heterocycles. The molecule has 63 heavy (non-hydrogen) atoms. The quantitative estimate of drug-likeness (QED) is 0.160. The number of hydrogen-bond donors (Lipinski definition) is 0. The van der Waals surface area contributed by atoms with Gasteiger partial charge in [-0.2, -0.15) is 0 Å². The maximum Gasteiger partial charge on any atom is 0.164 e. The summed E-state index contributed by atoms with van der Waals surface area (Å²) in [6, 6.07) is 72.6. The van der Waals surface area contributed by atoms with Crippen molar-refractivity contribution in [3.05, 3.63) is 217 Å². The summed E-state index contributed by atoms with van der Waals surface area (Å²) in [4.78, 5) is 17.6. The monoisotopic (exact) mass is 808 g/mol. The lowest BCUT2D eigenvalue weighted by atomic mass is 9.82. The zero-order valence-electron chi connectivity index (χ0n) is 34.8. The third-order valence-electron chi connectivity index (χ3n) is 12.7. The van der Waals surface area contributed by atoms with E-state index < -0.39 is 0 Å². The van der Waals surface area contributed by atoms with Crippen LogP contribution in [0.15, 0.2) is 211 Å². The van der Waals surface area contributed by atoms with Gasteiger partial charge in [-0.15, -0.1) is 0 Å². The number of anilines is 3. The van der Waals surface area contributed by atoms with Gasteiger partial charge in [-0.05, 0) is 87.3 Å². The van der Waals surface area contributed by atoms with Gasteiger partial charge in [0.05, 0.1) is 0 Å². The molecule has 298 valence electrons. The van der Waals surface area contributed by atoms with Gasteiger partial charge in [0.15, 0.2) is 17.5 Å². The minimum Gasteiger partial charge on any atom is -0.455 e. The zero-order valence-corrected chi connectivity index (χ0v) is 34.8. The minimum absolute atomic E-state index is 0.108. The van der Waals surface area contributed by atoms with E-state index in [0.717, 1.165) is 77.6 Å². The van der Waals surface area contributed by atoms with Crippen molar-refractivity contribution in [2.45, 2.75) is 19.3 Å². The predicted octanol–water partition coefficient (Wildman–Crippen LogP) is 15.4. The Labute approximate surface area is 365 Å². The Balaban J connectivity index is 1.01. The first-order valence-corrected chi connectivity index (χ1v) is 21.4. The minimum atomic E-state index is -0.108. The maximum absolute atomic E-state index is 6.79. The summed E-state index contributed by atoms with van der Waals surface area (Å²) < 4.78 is 6.79. The molecule has 9 aromatic carbocycles. The van der Waals surface area contributed by atoms with E-state index in [9.17, 15) is 0 Å². The van der Waals surface area contributed by atoms with Crippen molar-refractivity contribution >= 4 is 49.8 Å². The van der Waals surface area contributed by atoms with E-state index in [-0.39, 0.29) is 5.41 Å². The van der Waals surface area contributed by atoms with E-state index in [1.54, 1.807) is 0 Å². The van der Waals surface area contributed by atoms with Gasteiger partial charge in [0.25, 0.3) is 0 Å². The molecule has 2 heterocycles. The van der Waals surface area contributed by atoms with Crippen LogP contribution in [0.4, 0.5) is 17.1 Å². The van der Waals surface area contributed by atoms with E-state index >= 15 is 0 Å². The van der Waals surface area contributed by atoms with Crippen LogP contribution in [-0.4, -0.2) is 15.0 Å². The molecule has 0 unspecified atom stereocenters. The van der Waals surface area contributed by atoms with Gasteiger partial charge in [-0.1, -0.05) is 172 Å². The Morgan fingerprint density at radius 1 is 0.381 bits per heavy atom. The molecule has 0 spiro atoms. The Bertz CT molecular complexity index is 3470. The van der Waals surface area contributed by atoms with Crippen LogP contribution in [-0.2, 0) is 5.41 Å². The van der Waals surface area contributed by atoms with Crippen molar-refractivity contribution in [3.8, 4) is 56.4 Å². The molecular weight excluding hydrogens is 769 g/mol. The van der Waals surface area contributed by atoms with Crippen LogP contribution < -0.4 is 4.90 Å². The highest BCUT2D eigenvalue weighted by molar-refractivity contribution is 6.22. The zero-order chi connectivity index (χ0) is 42.1. The summed E-state index contributed by atoms with van der Waals surface area (Å²) in [5.41, 5.74) is 15.1. The van der Waals surface area contributed by atoms with E-state index in [0.29, 0.717) is 17.5 Å². The first-order chi connectivity index (χ1) is 31.0. The fourth-order valence-electron chi connectivity index (χ4n) is 9.65.